The molecule has 0 aliphatic rings. The fourth-order valence-corrected chi connectivity index (χ4v) is 4.15. The van der Waals surface area contributed by atoms with Crippen LogP contribution in [0, 0.1) is 26.6 Å². The average Bonchev–Trinajstić information content (AvgIpc) is 3.45. The summed E-state index contributed by atoms with van der Waals surface area (Å²) in [7, 11) is 0. The first kappa shape index (κ1) is 21.6. The van der Waals surface area contributed by atoms with E-state index in [0.29, 0.717) is 23.4 Å². The van der Waals surface area contributed by atoms with Gasteiger partial charge in [-0.05, 0) is 86.0 Å². The summed E-state index contributed by atoms with van der Waals surface area (Å²) < 4.78 is 17.2. The molecule has 0 saturated heterocycles. The van der Waals surface area contributed by atoms with Crippen LogP contribution in [-0.2, 0) is 6.54 Å². The first-order chi connectivity index (χ1) is 16.4. The third-order valence-electron chi connectivity index (χ3n) is 5.84. The van der Waals surface area contributed by atoms with Gasteiger partial charge in [0.05, 0.1) is 11.9 Å². The van der Waals surface area contributed by atoms with E-state index in [9.17, 15) is 9.18 Å². The summed E-state index contributed by atoms with van der Waals surface area (Å²) in [4.78, 5) is 17.4. The van der Waals surface area contributed by atoms with Crippen molar-refractivity contribution in [1.82, 2.24) is 19.3 Å². The van der Waals surface area contributed by atoms with Crippen molar-refractivity contribution in [2.75, 3.05) is 5.32 Å². The van der Waals surface area contributed by atoms with Crippen molar-refractivity contribution in [1.29, 1.82) is 0 Å². The lowest BCUT2D eigenvalue weighted by atomic mass is 10.1. The molecule has 5 rings (SSSR count). The molecule has 0 spiro atoms. The van der Waals surface area contributed by atoms with Crippen molar-refractivity contribution in [2.24, 2.45) is 0 Å². The molecule has 3 heterocycles. The molecule has 0 radical (unpaired) electrons. The molecule has 170 valence electrons. The molecule has 2 aromatic carbocycles. The van der Waals surface area contributed by atoms with E-state index in [1.165, 1.54) is 12.1 Å². The topological polar surface area (TPSA) is 64.7 Å². The minimum atomic E-state index is -0.328. The molecule has 1 N–H and O–H groups in total. The minimum Gasteiger partial charge on any atom is -0.322 e. The van der Waals surface area contributed by atoms with Gasteiger partial charge in [0, 0.05) is 29.3 Å². The molecule has 0 fully saturated rings. The van der Waals surface area contributed by atoms with Gasteiger partial charge < -0.3 is 9.88 Å². The smallest absolute Gasteiger partial charge is 0.255 e. The molecular weight excluding hydrogens is 429 g/mol. The highest BCUT2D eigenvalue weighted by molar-refractivity contribution is 6.04. The standard InChI is InChI=1S/C27H24FN5O/c1-17-15-22(28)10-11-23(17)30-27(34)21-8-6-20(7-9-21)16-33-25-24(18(2)14-19(3)29-25)26(31-33)32-12-4-5-13-32/h4-15H,16H2,1-3H3,(H,30,34). The molecule has 5 aromatic rings. The number of nitrogens with zero attached hydrogens (tertiary/aromatic N) is 4. The van der Waals surface area contributed by atoms with Crippen molar-refractivity contribution >= 4 is 22.6 Å². The summed E-state index contributed by atoms with van der Waals surface area (Å²) in [6.45, 7) is 6.34. The summed E-state index contributed by atoms with van der Waals surface area (Å²) in [6.07, 6.45) is 3.95. The predicted octanol–water partition coefficient (Wildman–Crippen LogP) is 5.59. The molecular formula is C27H24FN5O. The number of benzene rings is 2. The van der Waals surface area contributed by atoms with E-state index in [0.717, 1.165) is 33.7 Å². The Morgan fingerprint density at radius 2 is 1.71 bits per heavy atom. The molecule has 0 aliphatic carbocycles. The third kappa shape index (κ3) is 4.08. The normalized spacial score (nSPS) is 11.2. The number of aromatic nitrogens is 4. The first-order valence-corrected chi connectivity index (χ1v) is 11.0. The Hall–Kier alpha value is -4.26. The van der Waals surface area contributed by atoms with E-state index in [1.807, 2.05) is 52.8 Å². The molecule has 0 atom stereocenters. The van der Waals surface area contributed by atoms with E-state index in [-0.39, 0.29) is 11.7 Å². The lowest BCUT2D eigenvalue weighted by Gasteiger charge is -2.09. The highest BCUT2D eigenvalue weighted by Crippen LogP contribution is 2.26. The van der Waals surface area contributed by atoms with Gasteiger partial charge in [-0.2, -0.15) is 5.10 Å². The van der Waals surface area contributed by atoms with Gasteiger partial charge in [-0.1, -0.05) is 12.1 Å². The molecule has 1 amide bonds. The number of anilines is 1. The number of fused-ring (bicyclic) bond motifs is 1. The highest BCUT2D eigenvalue weighted by atomic mass is 19.1. The van der Waals surface area contributed by atoms with Gasteiger partial charge in [0.15, 0.2) is 11.5 Å². The number of rotatable bonds is 5. The van der Waals surface area contributed by atoms with E-state index in [4.69, 9.17) is 10.1 Å². The Morgan fingerprint density at radius 1 is 0.971 bits per heavy atom. The van der Waals surface area contributed by atoms with Crippen LogP contribution in [0.15, 0.2) is 73.1 Å². The number of aryl methyl sites for hydroxylation is 3. The zero-order valence-electron chi connectivity index (χ0n) is 19.2. The highest BCUT2D eigenvalue weighted by Gasteiger charge is 2.16. The molecule has 34 heavy (non-hydrogen) atoms. The van der Waals surface area contributed by atoms with Gasteiger partial charge in [0.1, 0.15) is 5.82 Å². The van der Waals surface area contributed by atoms with Crippen molar-refractivity contribution in [3.63, 3.8) is 0 Å². The van der Waals surface area contributed by atoms with Crippen molar-refractivity contribution in [3.05, 3.63) is 107 Å². The van der Waals surface area contributed by atoms with Crippen molar-refractivity contribution in [2.45, 2.75) is 27.3 Å². The zero-order chi connectivity index (χ0) is 23.8. The summed E-state index contributed by atoms with van der Waals surface area (Å²) in [6, 6.07) is 17.7. The van der Waals surface area contributed by atoms with Gasteiger partial charge in [0.2, 0.25) is 0 Å². The number of hydrogen-bond acceptors (Lipinski definition) is 3. The van der Waals surface area contributed by atoms with Crippen LogP contribution in [0.3, 0.4) is 0 Å². The van der Waals surface area contributed by atoms with Crippen molar-refractivity contribution < 1.29 is 9.18 Å². The maximum atomic E-state index is 13.3. The van der Waals surface area contributed by atoms with Gasteiger partial charge in [-0.3, -0.25) is 4.79 Å². The first-order valence-electron chi connectivity index (χ1n) is 11.0. The molecule has 6 nitrogen and oxygen atoms in total. The van der Waals surface area contributed by atoms with Crippen LogP contribution in [-0.4, -0.2) is 25.2 Å². The van der Waals surface area contributed by atoms with E-state index in [1.54, 1.807) is 25.1 Å². The van der Waals surface area contributed by atoms with Crippen LogP contribution >= 0.6 is 0 Å². The largest absolute Gasteiger partial charge is 0.322 e. The summed E-state index contributed by atoms with van der Waals surface area (Å²) >= 11 is 0. The van der Waals surface area contributed by atoms with E-state index in [2.05, 4.69) is 18.3 Å². The maximum absolute atomic E-state index is 13.3. The Morgan fingerprint density at radius 3 is 2.41 bits per heavy atom. The van der Waals surface area contributed by atoms with Crippen LogP contribution in [0.4, 0.5) is 10.1 Å². The monoisotopic (exact) mass is 453 g/mol. The summed E-state index contributed by atoms with van der Waals surface area (Å²) in [5.74, 6) is 0.273. The molecule has 0 saturated carbocycles. The van der Waals surface area contributed by atoms with Gasteiger partial charge >= 0.3 is 0 Å². The third-order valence-corrected chi connectivity index (χ3v) is 5.84. The Labute approximate surface area is 196 Å². The second kappa shape index (κ2) is 8.59. The van der Waals surface area contributed by atoms with Crippen LogP contribution in [0.5, 0.6) is 0 Å². The maximum Gasteiger partial charge on any atom is 0.255 e. The summed E-state index contributed by atoms with van der Waals surface area (Å²) in [5, 5.41) is 8.73. The molecule has 0 unspecified atom stereocenters. The number of hydrogen-bond donors (Lipinski definition) is 1. The van der Waals surface area contributed by atoms with Crippen LogP contribution < -0.4 is 5.32 Å². The number of halogens is 1. The second-order valence-corrected chi connectivity index (χ2v) is 8.46. The lowest BCUT2D eigenvalue weighted by molar-refractivity contribution is 0.102. The van der Waals surface area contributed by atoms with Gasteiger partial charge in [-0.15, -0.1) is 0 Å². The quantitative estimate of drug-likeness (QED) is 0.377. The average molecular weight is 454 g/mol. The molecule has 3 aromatic heterocycles. The molecule has 7 heteroatoms. The fourth-order valence-electron chi connectivity index (χ4n) is 4.15. The van der Waals surface area contributed by atoms with Gasteiger partial charge in [0.25, 0.3) is 5.91 Å². The van der Waals surface area contributed by atoms with E-state index < -0.39 is 0 Å². The van der Waals surface area contributed by atoms with E-state index >= 15 is 0 Å². The second-order valence-electron chi connectivity index (χ2n) is 8.46. The van der Waals surface area contributed by atoms with Gasteiger partial charge in [-0.25, -0.2) is 14.1 Å². The summed E-state index contributed by atoms with van der Waals surface area (Å²) in [5.41, 5.74) is 5.68. The SMILES string of the molecule is Cc1cc(C)c2c(-n3cccc3)nn(Cc3ccc(C(=O)Nc4ccc(F)cc4C)cc3)c2n1. The molecule has 0 bridgehead atoms. The number of pyridine rings is 1. The minimum absolute atomic E-state index is 0.242. The Bertz CT molecular complexity index is 1500. The number of nitrogens with one attached hydrogen (secondary N) is 1. The Balaban J connectivity index is 1.42. The lowest BCUT2D eigenvalue weighted by Crippen LogP contribution is -2.13. The number of carbonyl (C=O) groups is 1. The van der Waals surface area contributed by atoms with Crippen LogP contribution in [0.2, 0.25) is 0 Å². The van der Waals surface area contributed by atoms with Crippen LogP contribution in [0.25, 0.3) is 16.9 Å². The number of carbonyl (C=O) groups excluding carboxylic acids is 1. The van der Waals surface area contributed by atoms with Crippen LogP contribution in [0.1, 0.15) is 32.7 Å². The molecule has 0 aliphatic heterocycles. The zero-order valence-corrected chi connectivity index (χ0v) is 19.2. The van der Waals surface area contributed by atoms with Crippen molar-refractivity contribution in [3.8, 4) is 5.82 Å². The fraction of sp³-hybridized carbons (Fsp3) is 0.148. The number of amides is 1. The Kier molecular flexibility index (Phi) is 5.45. The predicted molar refractivity (Wildman–Crippen MR) is 131 cm³/mol.